The number of anilines is 2. The Hall–Kier alpha value is -1.99. The molecule has 1 aromatic rings. The maximum atomic E-state index is 12.9. The minimum atomic E-state index is -4.66. The second kappa shape index (κ2) is 6.64. The van der Waals surface area contributed by atoms with Gasteiger partial charge in [0.05, 0.1) is 16.2 Å². The van der Waals surface area contributed by atoms with Crippen molar-refractivity contribution in [2.24, 2.45) is 0 Å². The van der Waals surface area contributed by atoms with Crippen molar-refractivity contribution >= 4 is 17.1 Å². The number of hydrogen-bond donors (Lipinski definition) is 1. The monoisotopic (exact) mass is 305 g/mol. The Balaban J connectivity index is 3.47. The highest BCUT2D eigenvalue weighted by molar-refractivity contribution is 5.78. The number of nitrogens with two attached hydrogens (primary N) is 1. The first-order chi connectivity index (χ1) is 9.72. The van der Waals surface area contributed by atoms with Gasteiger partial charge in [-0.15, -0.1) is 0 Å². The van der Waals surface area contributed by atoms with Crippen LogP contribution in [-0.2, 0) is 6.18 Å². The molecular formula is C13H18F3N3O2. The molecule has 0 bridgehead atoms. The molecular weight excluding hydrogens is 287 g/mol. The van der Waals surface area contributed by atoms with Crippen LogP contribution in [0.25, 0.3) is 0 Å². The number of nitro groups is 1. The zero-order valence-corrected chi connectivity index (χ0v) is 11.9. The van der Waals surface area contributed by atoms with Crippen LogP contribution in [0.1, 0.15) is 32.3 Å². The van der Waals surface area contributed by atoms with Crippen LogP contribution in [-0.4, -0.2) is 18.0 Å². The van der Waals surface area contributed by atoms with Crippen LogP contribution < -0.4 is 10.6 Å². The van der Waals surface area contributed by atoms with Crippen molar-refractivity contribution in [2.75, 3.05) is 23.7 Å². The first-order valence-electron chi connectivity index (χ1n) is 6.62. The van der Waals surface area contributed by atoms with E-state index in [0.717, 1.165) is 6.07 Å². The third kappa shape index (κ3) is 3.99. The zero-order valence-electron chi connectivity index (χ0n) is 11.9. The molecule has 1 rings (SSSR count). The number of nitrogens with zero attached hydrogens (tertiary/aromatic N) is 2. The Labute approximate surface area is 120 Å². The molecule has 0 radical (unpaired) electrons. The van der Waals surface area contributed by atoms with Crippen LogP contribution in [0.5, 0.6) is 0 Å². The second-order valence-electron chi connectivity index (χ2n) is 4.67. The van der Waals surface area contributed by atoms with Crippen molar-refractivity contribution in [3.05, 3.63) is 27.8 Å². The van der Waals surface area contributed by atoms with Gasteiger partial charge >= 0.3 is 6.18 Å². The van der Waals surface area contributed by atoms with Gasteiger partial charge in [-0.1, -0.05) is 13.8 Å². The number of rotatable bonds is 6. The van der Waals surface area contributed by atoms with E-state index in [0.29, 0.717) is 32.0 Å². The second-order valence-corrected chi connectivity index (χ2v) is 4.67. The van der Waals surface area contributed by atoms with Crippen molar-refractivity contribution in [3.8, 4) is 0 Å². The average molecular weight is 305 g/mol. The van der Waals surface area contributed by atoms with Gasteiger partial charge in [0.1, 0.15) is 5.69 Å². The van der Waals surface area contributed by atoms with Gasteiger partial charge in [0.2, 0.25) is 0 Å². The summed E-state index contributed by atoms with van der Waals surface area (Å²) in [6.45, 7) is 4.72. The number of hydrogen-bond acceptors (Lipinski definition) is 4. The maximum absolute atomic E-state index is 12.9. The smallest absolute Gasteiger partial charge is 0.391 e. The van der Waals surface area contributed by atoms with Gasteiger partial charge in [0.15, 0.2) is 0 Å². The summed E-state index contributed by atoms with van der Waals surface area (Å²) >= 11 is 0. The van der Waals surface area contributed by atoms with E-state index in [9.17, 15) is 23.3 Å². The highest BCUT2D eigenvalue weighted by Crippen LogP contribution is 2.40. The van der Waals surface area contributed by atoms with Gasteiger partial charge in [-0.25, -0.2) is 0 Å². The summed E-state index contributed by atoms with van der Waals surface area (Å²) in [5, 5.41) is 10.9. The Morgan fingerprint density at radius 1 is 1.24 bits per heavy atom. The molecule has 1 aromatic carbocycles. The van der Waals surface area contributed by atoms with Crippen molar-refractivity contribution in [2.45, 2.75) is 32.9 Å². The Kier molecular flexibility index (Phi) is 5.40. The molecule has 0 aliphatic rings. The summed E-state index contributed by atoms with van der Waals surface area (Å²) in [6, 6.07) is 1.36. The highest BCUT2D eigenvalue weighted by atomic mass is 19.4. The number of nitro benzene ring substituents is 1. The molecule has 0 saturated carbocycles. The van der Waals surface area contributed by atoms with E-state index in [-0.39, 0.29) is 11.4 Å². The molecule has 0 unspecified atom stereocenters. The lowest BCUT2D eigenvalue weighted by atomic mass is 10.1. The van der Waals surface area contributed by atoms with Crippen LogP contribution >= 0.6 is 0 Å². The summed E-state index contributed by atoms with van der Waals surface area (Å²) < 4.78 is 38.7. The lowest BCUT2D eigenvalue weighted by Crippen LogP contribution is -2.26. The van der Waals surface area contributed by atoms with E-state index in [2.05, 4.69) is 0 Å². The quantitative estimate of drug-likeness (QED) is 0.492. The summed E-state index contributed by atoms with van der Waals surface area (Å²) in [7, 11) is 0. The lowest BCUT2D eigenvalue weighted by molar-refractivity contribution is -0.384. The predicted molar refractivity (Wildman–Crippen MR) is 75.3 cm³/mol. The van der Waals surface area contributed by atoms with E-state index in [1.165, 1.54) is 0 Å². The van der Waals surface area contributed by atoms with Gasteiger partial charge in [-0.05, 0) is 18.9 Å². The van der Waals surface area contributed by atoms with Crippen LogP contribution in [0.2, 0.25) is 0 Å². The third-order valence-corrected chi connectivity index (χ3v) is 2.99. The third-order valence-electron chi connectivity index (χ3n) is 2.99. The first kappa shape index (κ1) is 17.1. The Bertz CT molecular complexity index is 512. The normalized spacial score (nSPS) is 11.5. The molecule has 0 amide bonds. The fourth-order valence-electron chi connectivity index (χ4n) is 2.09. The molecule has 0 spiro atoms. The maximum Gasteiger partial charge on any atom is 0.416 e. The van der Waals surface area contributed by atoms with Gasteiger partial charge in [0, 0.05) is 19.2 Å². The Morgan fingerprint density at radius 3 is 2.14 bits per heavy atom. The summed E-state index contributed by atoms with van der Waals surface area (Å²) in [5.41, 5.74) is 3.78. The van der Waals surface area contributed by atoms with Crippen LogP contribution in [0.15, 0.2) is 12.1 Å². The van der Waals surface area contributed by atoms with E-state index < -0.39 is 22.4 Å². The van der Waals surface area contributed by atoms with Crippen LogP contribution in [0, 0.1) is 10.1 Å². The van der Waals surface area contributed by atoms with Gasteiger partial charge in [-0.2, -0.15) is 13.2 Å². The van der Waals surface area contributed by atoms with Crippen molar-refractivity contribution in [3.63, 3.8) is 0 Å². The molecule has 0 aliphatic carbocycles. The van der Waals surface area contributed by atoms with E-state index in [1.54, 1.807) is 4.90 Å². The molecule has 0 aliphatic heterocycles. The summed E-state index contributed by atoms with van der Waals surface area (Å²) in [4.78, 5) is 11.7. The number of nitrogen functional groups attached to an aromatic ring is 1. The zero-order chi connectivity index (χ0) is 16.2. The standard InChI is InChI=1S/C13H18F3N3O2/c1-3-5-18(6-4-2)10-7-9(13(14,15)16)8-11(12(10)17)19(20)21/h7-8H,3-6,17H2,1-2H3. The largest absolute Gasteiger partial charge is 0.416 e. The molecule has 0 aromatic heterocycles. The van der Waals surface area contributed by atoms with E-state index in [1.807, 2.05) is 13.8 Å². The lowest BCUT2D eigenvalue weighted by Gasteiger charge is -2.26. The molecule has 0 atom stereocenters. The summed E-state index contributed by atoms with van der Waals surface area (Å²) in [6.07, 6.45) is -3.26. The van der Waals surface area contributed by atoms with Gasteiger partial charge in [0.25, 0.3) is 5.69 Å². The van der Waals surface area contributed by atoms with Crippen LogP contribution in [0.4, 0.5) is 30.2 Å². The Morgan fingerprint density at radius 2 is 1.76 bits per heavy atom. The number of halogens is 3. The molecule has 0 fully saturated rings. The van der Waals surface area contributed by atoms with Gasteiger partial charge < -0.3 is 10.6 Å². The average Bonchev–Trinajstić information content (AvgIpc) is 2.37. The molecule has 0 heterocycles. The minimum absolute atomic E-state index is 0.0697. The predicted octanol–water partition coefficient (Wildman–Crippen LogP) is 3.82. The topological polar surface area (TPSA) is 72.4 Å². The number of benzene rings is 1. The summed E-state index contributed by atoms with van der Waals surface area (Å²) in [5.74, 6) is 0. The van der Waals surface area contributed by atoms with Crippen molar-refractivity contribution in [1.29, 1.82) is 0 Å². The first-order valence-corrected chi connectivity index (χ1v) is 6.62. The highest BCUT2D eigenvalue weighted by Gasteiger charge is 2.35. The molecule has 118 valence electrons. The minimum Gasteiger partial charge on any atom is -0.391 e. The van der Waals surface area contributed by atoms with Gasteiger partial charge in [-0.3, -0.25) is 10.1 Å². The molecule has 21 heavy (non-hydrogen) atoms. The SMILES string of the molecule is CCCN(CCC)c1cc(C(F)(F)F)cc([N+](=O)[O-])c1N. The van der Waals surface area contributed by atoms with E-state index >= 15 is 0 Å². The fourth-order valence-corrected chi connectivity index (χ4v) is 2.09. The van der Waals surface area contributed by atoms with Crippen molar-refractivity contribution in [1.82, 2.24) is 0 Å². The molecule has 8 heteroatoms. The van der Waals surface area contributed by atoms with Crippen molar-refractivity contribution < 1.29 is 18.1 Å². The molecule has 0 saturated heterocycles. The molecule has 2 N–H and O–H groups in total. The van der Waals surface area contributed by atoms with Crippen LogP contribution in [0.3, 0.4) is 0 Å². The molecule has 5 nitrogen and oxygen atoms in total. The van der Waals surface area contributed by atoms with E-state index in [4.69, 9.17) is 5.73 Å². The fraction of sp³-hybridized carbons (Fsp3) is 0.538. The number of alkyl halides is 3.